The van der Waals surface area contributed by atoms with E-state index >= 15 is 0 Å². The van der Waals surface area contributed by atoms with Crippen molar-refractivity contribution in [2.75, 3.05) is 0 Å². The van der Waals surface area contributed by atoms with Crippen molar-refractivity contribution in [3.8, 4) is 0 Å². The van der Waals surface area contributed by atoms with Crippen LogP contribution in [0, 0.1) is 5.92 Å². The molecule has 0 bridgehead atoms. The molecule has 0 amide bonds. The molecule has 18 heavy (non-hydrogen) atoms. The molecule has 0 aromatic rings. The predicted molar refractivity (Wildman–Crippen MR) is 79.6 cm³/mol. The number of allylic oxidation sites excluding steroid dienone is 3. The minimum atomic E-state index is -0.469. The van der Waals surface area contributed by atoms with Gasteiger partial charge in [0.25, 0.3) is 0 Å². The van der Waals surface area contributed by atoms with Crippen molar-refractivity contribution in [2.24, 2.45) is 5.92 Å². The maximum Gasteiger partial charge on any atom is 0.0684 e. The summed E-state index contributed by atoms with van der Waals surface area (Å²) in [7, 11) is 0. The highest BCUT2D eigenvalue weighted by atomic mass is 16.3. The fourth-order valence-corrected chi connectivity index (χ4v) is 2.87. The summed E-state index contributed by atoms with van der Waals surface area (Å²) in [6.07, 6.45) is 15.2. The maximum absolute atomic E-state index is 10.8. The van der Waals surface area contributed by atoms with Crippen LogP contribution in [0.25, 0.3) is 0 Å². The van der Waals surface area contributed by atoms with Crippen LogP contribution in [-0.4, -0.2) is 10.7 Å². The van der Waals surface area contributed by atoms with Crippen LogP contribution in [0.3, 0.4) is 0 Å². The van der Waals surface area contributed by atoms with E-state index in [0.29, 0.717) is 5.92 Å². The molecule has 1 N–H and O–H groups in total. The van der Waals surface area contributed by atoms with Crippen molar-refractivity contribution < 1.29 is 5.11 Å². The highest BCUT2D eigenvalue weighted by Gasteiger charge is 2.28. The van der Waals surface area contributed by atoms with Crippen molar-refractivity contribution >= 4 is 0 Å². The smallest absolute Gasteiger partial charge is 0.0684 e. The Bertz CT molecular complexity index is 290. The summed E-state index contributed by atoms with van der Waals surface area (Å²) in [6, 6.07) is 0. The first-order valence-corrected chi connectivity index (χ1v) is 7.69. The minimum absolute atomic E-state index is 0.469. The summed E-state index contributed by atoms with van der Waals surface area (Å²) < 4.78 is 0. The molecular formula is C17H30O. The van der Waals surface area contributed by atoms with Gasteiger partial charge in [0.05, 0.1) is 5.60 Å². The van der Waals surface area contributed by atoms with E-state index in [1.807, 2.05) is 0 Å². The molecule has 0 spiro atoms. The van der Waals surface area contributed by atoms with Gasteiger partial charge in [-0.15, -0.1) is 0 Å². The lowest BCUT2D eigenvalue weighted by molar-refractivity contribution is 0.0182. The van der Waals surface area contributed by atoms with Gasteiger partial charge in [-0.2, -0.15) is 0 Å². The Kier molecular flexibility index (Phi) is 6.70. The third-order valence-electron chi connectivity index (χ3n) is 4.09. The van der Waals surface area contributed by atoms with Crippen molar-refractivity contribution in [3.63, 3.8) is 0 Å². The number of hydrogen-bond acceptors (Lipinski definition) is 1. The van der Waals surface area contributed by atoms with Gasteiger partial charge in [0, 0.05) is 0 Å². The van der Waals surface area contributed by atoms with E-state index in [1.165, 1.54) is 24.8 Å². The second-order valence-electron chi connectivity index (χ2n) is 5.90. The second-order valence-corrected chi connectivity index (χ2v) is 5.90. The van der Waals surface area contributed by atoms with E-state index in [9.17, 15) is 5.11 Å². The van der Waals surface area contributed by atoms with E-state index in [0.717, 1.165) is 32.1 Å². The summed E-state index contributed by atoms with van der Waals surface area (Å²) in [5, 5.41) is 10.8. The Labute approximate surface area is 113 Å². The Morgan fingerprint density at radius 3 is 2.72 bits per heavy atom. The van der Waals surface area contributed by atoms with Crippen LogP contribution >= 0.6 is 0 Å². The Morgan fingerprint density at radius 1 is 1.28 bits per heavy atom. The Balaban J connectivity index is 2.69. The molecule has 1 heteroatoms. The molecule has 0 radical (unpaired) electrons. The topological polar surface area (TPSA) is 20.2 Å². The number of rotatable bonds is 7. The first-order valence-electron chi connectivity index (χ1n) is 7.69. The molecule has 0 saturated carbocycles. The van der Waals surface area contributed by atoms with Gasteiger partial charge in [0.2, 0.25) is 0 Å². The van der Waals surface area contributed by atoms with Gasteiger partial charge in [-0.25, -0.2) is 0 Å². The van der Waals surface area contributed by atoms with Crippen molar-refractivity contribution in [1.82, 2.24) is 0 Å². The second kappa shape index (κ2) is 7.78. The summed E-state index contributed by atoms with van der Waals surface area (Å²) >= 11 is 0. The predicted octanol–water partition coefficient (Wildman–Crippen LogP) is 5.01. The molecule has 0 aromatic carbocycles. The molecule has 104 valence electrons. The lowest BCUT2D eigenvalue weighted by atomic mass is 9.81. The zero-order valence-corrected chi connectivity index (χ0v) is 12.4. The van der Waals surface area contributed by atoms with E-state index in [2.05, 4.69) is 39.0 Å². The van der Waals surface area contributed by atoms with Crippen molar-refractivity contribution in [2.45, 2.75) is 77.7 Å². The van der Waals surface area contributed by atoms with Crippen LogP contribution in [0.2, 0.25) is 0 Å². The molecule has 0 saturated heterocycles. The van der Waals surface area contributed by atoms with Crippen LogP contribution in [0.5, 0.6) is 0 Å². The van der Waals surface area contributed by atoms with Gasteiger partial charge in [-0.05, 0) is 38.0 Å². The van der Waals surface area contributed by atoms with E-state index in [1.54, 1.807) is 0 Å². The molecule has 1 aliphatic carbocycles. The molecular weight excluding hydrogens is 220 g/mol. The van der Waals surface area contributed by atoms with Crippen LogP contribution in [0.15, 0.2) is 23.8 Å². The average molecular weight is 250 g/mol. The highest BCUT2D eigenvalue weighted by molar-refractivity contribution is 5.19. The molecule has 1 nitrogen and oxygen atoms in total. The number of aliphatic hydroxyl groups is 1. The number of hydrogen-bond donors (Lipinski definition) is 1. The SMILES string of the molecule is CCCCC(O)(CCC)CC1=CC=CCCC1C. The standard InChI is InChI=1S/C17H30O/c1-4-6-13-17(18,12-5-2)14-16-11-9-7-8-10-15(16)3/h7,9,11,15,18H,4-6,8,10,12-14H2,1-3H3. The first kappa shape index (κ1) is 15.5. The molecule has 0 heterocycles. The normalized spacial score (nSPS) is 23.3. The fourth-order valence-electron chi connectivity index (χ4n) is 2.87. The lowest BCUT2D eigenvalue weighted by Crippen LogP contribution is -2.30. The molecule has 0 aliphatic heterocycles. The Morgan fingerprint density at radius 2 is 2.06 bits per heavy atom. The van der Waals surface area contributed by atoms with E-state index < -0.39 is 5.60 Å². The zero-order valence-electron chi connectivity index (χ0n) is 12.4. The van der Waals surface area contributed by atoms with Crippen LogP contribution in [-0.2, 0) is 0 Å². The van der Waals surface area contributed by atoms with Crippen LogP contribution < -0.4 is 0 Å². The van der Waals surface area contributed by atoms with Crippen molar-refractivity contribution in [3.05, 3.63) is 23.8 Å². The third-order valence-corrected chi connectivity index (χ3v) is 4.09. The minimum Gasteiger partial charge on any atom is -0.390 e. The van der Waals surface area contributed by atoms with Gasteiger partial charge < -0.3 is 5.11 Å². The summed E-state index contributed by atoms with van der Waals surface area (Å²) in [5.41, 5.74) is 0.971. The third kappa shape index (κ3) is 4.97. The molecule has 0 aromatic heterocycles. The molecule has 1 rings (SSSR count). The largest absolute Gasteiger partial charge is 0.390 e. The van der Waals surface area contributed by atoms with E-state index in [-0.39, 0.29) is 0 Å². The van der Waals surface area contributed by atoms with Gasteiger partial charge in [-0.1, -0.05) is 63.8 Å². The maximum atomic E-state index is 10.8. The summed E-state index contributed by atoms with van der Waals surface area (Å²) in [6.45, 7) is 6.66. The summed E-state index contributed by atoms with van der Waals surface area (Å²) in [4.78, 5) is 0. The van der Waals surface area contributed by atoms with Gasteiger partial charge in [-0.3, -0.25) is 0 Å². The monoisotopic (exact) mass is 250 g/mol. The van der Waals surface area contributed by atoms with Gasteiger partial charge in [0.15, 0.2) is 0 Å². The van der Waals surface area contributed by atoms with Crippen molar-refractivity contribution in [1.29, 1.82) is 0 Å². The van der Waals surface area contributed by atoms with Crippen LogP contribution in [0.4, 0.5) is 0 Å². The lowest BCUT2D eigenvalue weighted by Gasteiger charge is -2.30. The molecule has 2 atom stereocenters. The summed E-state index contributed by atoms with van der Waals surface area (Å²) in [5.74, 6) is 0.616. The fraction of sp³-hybridized carbons (Fsp3) is 0.765. The quantitative estimate of drug-likeness (QED) is 0.673. The zero-order chi connectivity index (χ0) is 13.4. The molecule has 0 fully saturated rings. The molecule has 1 aliphatic rings. The van der Waals surface area contributed by atoms with Crippen LogP contribution in [0.1, 0.15) is 72.1 Å². The highest BCUT2D eigenvalue weighted by Crippen LogP contribution is 2.33. The van der Waals surface area contributed by atoms with Gasteiger partial charge >= 0.3 is 0 Å². The van der Waals surface area contributed by atoms with Gasteiger partial charge in [0.1, 0.15) is 0 Å². The number of unbranched alkanes of at least 4 members (excludes halogenated alkanes) is 1. The molecule has 2 unspecified atom stereocenters. The Hall–Kier alpha value is -0.560. The average Bonchev–Trinajstić information content (AvgIpc) is 2.53. The first-order chi connectivity index (χ1) is 8.61. The van der Waals surface area contributed by atoms with E-state index in [4.69, 9.17) is 0 Å².